The van der Waals surface area contributed by atoms with Crippen molar-refractivity contribution in [3.63, 3.8) is 0 Å². The van der Waals surface area contributed by atoms with Gasteiger partial charge >= 0.3 is 0 Å². The van der Waals surface area contributed by atoms with Crippen molar-refractivity contribution in [2.45, 2.75) is 39.0 Å². The number of benzene rings is 2. The van der Waals surface area contributed by atoms with E-state index < -0.39 is 0 Å². The van der Waals surface area contributed by atoms with Crippen LogP contribution in [0.5, 0.6) is 5.75 Å². The molecule has 1 N–H and O–H groups in total. The summed E-state index contributed by atoms with van der Waals surface area (Å²) in [5.74, 6) is 1.69. The van der Waals surface area contributed by atoms with Crippen LogP contribution in [0.1, 0.15) is 49.4 Å². The zero-order valence-corrected chi connectivity index (χ0v) is 21.5. The maximum atomic E-state index is 12.8. The van der Waals surface area contributed by atoms with Gasteiger partial charge in [0.1, 0.15) is 5.75 Å². The van der Waals surface area contributed by atoms with E-state index in [2.05, 4.69) is 44.3 Å². The molecular formula is C29H42N4O2. The minimum absolute atomic E-state index is 0.0298. The maximum Gasteiger partial charge on any atom is 0.253 e. The number of piperazine rings is 1. The molecule has 190 valence electrons. The SMILES string of the molecule is CCNC(=O)c1ccccc1N(CCN1CCN(c2ccccc2OC)CC1)CC1CCCCC1. The van der Waals surface area contributed by atoms with E-state index in [1.807, 2.05) is 31.2 Å². The summed E-state index contributed by atoms with van der Waals surface area (Å²) in [5, 5.41) is 3.00. The molecule has 2 aromatic rings. The monoisotopic (exact) mass is 478 g/mol. The lowest BCUT2D eigenvalue weighted by atomic mass is 9.88. The molecule has 2 aromatic carbocycles. The van der Waals surface area contributed by atoms with E-state index in [9.17, 15) is 4.79 Å². The van der Waals surface area contributed by atoms with E-state index >= 15 is 0 Å². The number of ether oxygens (including phenoxy) is 1. The highest BCUT2D eigenvalue weighted by Crippen LogP contribution is 2.30. The Morgan fingerprint density at radius 1 is 1.00 bits per heavy atom. The molecule has 0 spiro atoms. The first-order valence-corrected chi connectivity index (χ1v) is 13.4. The topological polar surface area (TPSA) is 48.1 Å². The summed E-state index contributed by atoms with van der Waals surface area (Å²) in [6.07, 6.45) is 6.64. The number of nitrogens with zero attached hydrogens (tertiary/aromatic N) is 3. The van der Waals surface area contributed by atoms with Crippen LogP contribution in [-0.2, 0) is 0 Å². The Morgan fingerprint density at radius 3 is 2.46 bits per heavy atom. The molecule has 0 unspecified atom stereocenters. The van der Waals surface area contributed by atoms with Gasteiger partial charge in [-0.3, -0.25) is 9.69 Å². The molecule has 0 bridgehead atoms. The summed E-state index contributed by atoms with van der Waals surface area (Å²) < 4.78 is 5.58. The van der Waals surface area contributed by atoms with Crippen LogP contribution in [0.25, 0.3) is 0 Å². The third kappa shape index (κ3) is 6.69. The Hall–Kier alpha value is -2.73. The van der Waals surface area contributed by atoms with Gasteiger partial charge < -0.3 is 19.9 Å². The Kier molecular flexibility index (Phi) is 9.29. The molecule has 0 atom stereocenters. The number of para-hydroxylation sites is 3. The lowest BCUT2D eigenvalue weighted by molar-refractivity contribution is 0.0956. The number of hydrogen-bond donors (Lipinski definition) is 1. The van der Waals surface area contributed by atoms with Crippen molar-refractivity contribution < 1.29 is 9.53 Å². The first-order chi connectivity index (χ1) is 17.2. The van der Waals surface area contributed by atoms with Crippen LogP contribution in [0.3, 0.4) is 0 Å². The van der Waals surface area contributed by atoms with Gasteiger partial charge in [-0.15, -0.1) is 0 Å². The second-order valence-electron chi connectivity index (χ2n) is 9.83. The molecule has 1 aliphatic heterocycles. The smallest absolute Gasteiger partial charge is 0.253 e. The summed E-state index contributed by atoms with van der Waals surface area (Å²) >= 11 is 0. The minimum atomic E-state index is 0.0298. The fourth-order valence-electron chi connectivity index (χ4n) is 5.55. The van der Waals surface area contributed by atoms with Gasteiger partial charge in [-0.05, 0) is 49.9 Å². The summed E-state index contributed by atoms with van der Waals surface area (Å²) in [6.45, 7) is 9.68. The van der Waals surface area contributed by atoms with E-state index in [1.165, 1.54) is 37.8 Å². The summed E-state index contributed by atoms with van der Waals surface area (Å²) in [6, 6.07) is 16.4. The predicted molar refractivity (Wildman–Crippen MR) is 145 cm³/mol. The van der Waals surface area contributed by atoms with Crippen molar-refractivity contribution in [2.24, 2.45) is 5.92 Å². The Bertz CT molecular complexity index is 936. The molecule has 1 saturated heterocycles. The molecular weight excluding hydrogens is 436 g/mol. The van der Waals surface area contributed by atoms with Gasteiger partial charge in [0.2, 0.25) is 0 Å². The number of amides is 1. The van der Waals surface area contributed by atoms with E-state index in [0.29, 0.717) is 12.5 Å². The van der Waals surface area contributed by atoms with E-state index in [0.717, 1.165) is 62.8 Å². The number of hydrogen-bond acceptors (Lipinski definition) is 5. The Balaban J connectivity index is 1.41. The first-order valence-electron chi connectivity index (χ1n) is 13.4. The van der Waals surface area contributed by atoms with Crippen LogP contribution < -0.4 is 19.9 Å². The fraction of sp³-hybridized carbons (Fsp3) is 0.552. The third-order valence-electron chi connectivity index (χ3n) is 7.51. The quantitative estimate of drug-likeness (QED) is 0.539. The van der Waals surface area contributed by atoms with Crippen molar-refractivity contribution in [3.8, 4) is 5.75 Å². The number of anilines is 2. The highest BCUT2D eigenvalue weighted by Gasteiger charge is 2.24. The van der Waals surface area contributed by atoms with Gasteiger partial charge in [0.25, 0.3) is 5.91 Å². The second-order valence-corrected chi connectivity index (χ2v) is 9.83. The average Bonchev–Trinajstić information content (AvgIpc) is 2.92. The molecule has 0 aromatic heterocycles. The van der Waals surface area contributed by atoms with Crippen molar-refractivity contribution in [3.05, 3.63) is 54.1 Å². The molecule has 0 radical (unpaired) electrons. The minimum Gasteiger partial charge on any atom is -0.495 e. The largest absolute Gasteiger partial charge is 0.495 e. The average molecular weight is 479 g/mol. The van der Waals surface area contributed by atoms with Crippen molar-refractivity contribution in [1.82, 2.24) is 10.2 Å². The van der Waals surface area contributed by atoms with Crippen molar-refractivity contribution in [1.29, 1.82) is 0 Å². The predicted octanol–water partition coefficient (Wildman–Crippen LogP) is 4.65. The second kappa shape index (κ2) is 12.8. The number of carbonyl (C=O) groups is 1. The van der Waals surface area contributed by atoms with Gasteiger partial charge in [-0.1, -0.05) is 43.5 Å². The Labute approximate surface area is 211 Å². The van der Waals surface area contributed by atoms with Gasteiger partial charge in [-0.25, -0.2) is 0 Å². The number of methoxy groups -OCH3 is 1. The van der Waals surface area contributed by atoms with E-state index in [-0.39, 0.29) is 5.91 Å². The third-order valence-corrected chi connectivity index (χ3v) is 7.51. The van der Waals surface area contributed by atoms with Crippen LogP contribution in [0.4, 0.5) is 11.4 Å². The van der Waals surface area contributed by atoms with Crippen LogP contribution in [0.2, 0.25) is 0 Å². The van der Waals surface area contributed by atoms with Crippen LogP contribution >= 0.6 is 0 Å². The summed E-state index contributed by atoms with van der Waals surface area (Å²) in [4.78, 5) is 20.3. The van der Waals surface area contributed by atoms with Gasteiger partial charge in [0, 0.05) is 58.0 Å². The molecule has 6 heteroatoms. The number of rotatable bonds is 10. The van der Waals surface area contributed by atoms with Gasteiger partial charge in [0.05, 0.1) is 18.4 Å². The highest BCUT2D eigenvalue weighted by molar-refractivity contribution is 5.99. The van der Waals surface area contributed by atoms with Gasteiger partial charge in [0.15, 0.2) is 0 Å². The highest BCUT2D eigenvalue weighted by atomic mass is 16.5. The van der Waals surface area contributed by atoms with Crippen LogP contribution in [-0.4, -0.2) is 70.3 Å². The molecule has 1 heterocycles. The number of carbonyl (C=O) groups excluding carboxylic acids is 1. The lowest BCUT2D eigenvalue weighted by Crippen LogP contribution is -2.49. The van der Waals surface area contributed by atoms with E-state index in [1.54, 1.807) is 7.11 Å². The number of nitrogens with one attached hydrogen (secondary N) is 1. The van der Waals surface area contributed by atoms with Crippen LogP contribution in [0, 0.1) is 5.92 Å². The summed E-state index contributed by atoms with van der Waals surface area (Å²) in [5.41, 5.74) is 3.06. The molecule has 1 amide bonds. The molecule has 35 heavy (non-hydrogen) atoms. The molecule has 1 saturated carbocycles. The zero-order valence-electron chi connectivity index (χ0n) is 21.5. The van der Waals surface area contributed by atoms with E-state index in [4.69, 9.17) is 4.74 Å². The maximum absolute atomic E-state index is 12.8. The molecule has 2 aliphatic rings. The van der Waals surface area contributed by atoms with Crippen molar-refractivity contribution in [2.75, 3.05) is 69.3 Å². The normalized spacial score (nSPS) is 17.3. The first kappa shape index (κ1) is 25.4. The standard InChI is InChI=1S/C29H42N4O2/c1-3-30-29(34)25-13-7-8-14-26(25)33(23-24-11-5-4-6-12-24)22-19-31-17-20-32(21-18-31)27-15-9-10-16-28(27)35-2/h7-10,13-16,24H,3-6,11-12,17-23H2,1-2H3,(H,30,34). The summed E-state index contributed by atoms with van der Waals surface area (Å²) in [7, 11) is 1.74. The molecule has 4 rings (SSSR count). The fourth-order valence-corrected chi connectivity index (χ4v) is 5.55. The molecule has 1 aliphatic carbocycles. The molecule has 2 fully saturated rings. The van der Waals surface area contributed by atoms with Crippen LogP contribution in [0.15, 0.2) is 48.5 Å². The van der Waals surface area contributed by atoms with Gasteiger partial charge in [-0.2, -0.15) is 0 Å². The Morgan fingerprint density at radius 2 is 1.71 bits per heavy atom. The van der Waals surface area contributed by atoms with Crippen molar-refractivity contribution >= 4 is 17.3 Å². The molecule has 6 nitrogen and oxygen atoms in total. The lowest BCUT2D eigenvalue weighted by Gasteiger charge is -2.38. The zero-order chi connectivity index (χ0) is 24.5.